The van der Waals surface area contributed by atoms with E-state index >= 15 is 0 Å². The van der Waals surface area contributed by atoms with Gasteiger partial charge in [0.05, 0.1) is 12.6 Å². The van der Waals surface area contributed by atoms with E-state index in [0.717, 1.165) is 29.9 Å². The fourth-order valence-corrected chi connectivity index (χ4v) is 2.54. The van der Waals surface area contributed by atoms with Crippen molar-refractivity contribution in [1.29, 1.82) is 0 Å². The second kappa shape index (κ2) is 7.33. The lowest BCUT2D eigenvalue weighted by atomic mass is 10.0. The van der Waals surface area contributed by atoms with E-state index in [1.807, 2.05) is 54.6 Å². The van der Waals surface area contributed by atoms with Gasteiger partial charge in [-0.2, -0.15) is 0 Å². The van der Waals surface area contributed by atoms with Gasteiger partial charge in [0.2, 0.25) is 7.85 Å². The van der Waals surface area contributed by atoms with Gasteiger partial charge in [-0.15, -0.1) is 0 Å². The van der Waals surface area contributed by atoms with Crippen LogP contribution in [0.25, 0.3) is 0 Å². The molecule has 1 N–H and O–H groups in total. The van der Waals surface area contributed by atoms with E-state index < -0.39 is 0 Å². The third-order valence-electron chi connectivity index (χ3n) is 3.82. The van der Waals surface area contributed by atoms with Crippen LogP contribution < -0.4 is 10.1 Å². The largest absolute Gasteiger partial charge is 0.489 e. The van der Waals surface area contributed by atoms with Gasteiger partial charge in [0.15, 0.2) is 5.81 Å². The van der Waals surface area contributed by atoms with E-state index in [2.05, 4.69) is 5.32 Å². The SMILES string of the molecule is BC(=O)N[C@H](Cc1ccc(OCc2ccccc2)cc1)[C@H]1CO1. The van der Waals surface area contributed by atoms with Crippen LogP contribution in [0.1, 0.15) is 11.1 Å². The summed E-state index contributed by atoms with van der Waals surface area (Å²) in [4.78, 5) is 11.3. The highest BCUT2D eigenvalue weighted by Gasteiger charge is 2.33. The lowest BCUT2D eigenvalue weighted by Gasteiger charge is -2.16. The third kappa shape index (κ3) is 4.86. The molecule has 0 saturated carbocycles. The van der Waals surface area contributed by atoms with Crippen molar-refractivity contribution in [2.24, 2.45) is 0 Å². The van der Waals surface area contributed by atoms with Gasteiger partial charge in [0.25, 0.3) is 0 Å². The maximum Gasteiger partial charge on any atom is 0.215 e. The molecule has 0 radical (unpaired) electrons. The molecule has 0 bridgehead atoms. The molecule has 118 valence electrons. The van der Waals surface area contributed by atoms with Gasteiger partial charge in [-0.25, -0.2) is 0 Å². The predicted molar refractivity (Wildman–Crippen MR) is 91.5 cm³/mol. The highest BCUT2D eigenvalue weighted by atomic mass is 16.6. The normalized spacial score (nSPS) is 17.3. The Bertz CT molecular complexity index is 641. The molecule has 1 fully saturated rings. The molecule has 1 heterocycles. The second-order valence-electron chi connectivity index (χ2n) is 5.80. The first-order chi connectivity index (χ1) is 11.2. The first-order valence-electron chi connectivity index (χ1n) is 7.85. The molecule has 2 aromatic rings. The standard InChI is InChI=1S/C18H20BNO3/c19-18(21)20-16(17-12-23-17)10-13-6-8-15(9-7-13)22-11-14-4-2-1-3-5-14/h1-9,16-17H,10-12,19H2,(H,20,21)/t16-,17-/m1/s1. The van der Waals surface area contributed by atoms with Crippen molar-refractivity contribution in [3.05, 3.63) is 65.7 Å². The van der Waals surface area contributed by atoms with Gasteiger partial charge in [-0.05, 0) is 29.7 Å². The summed E-state index contributed by atoms with van der Waals surface area (Å²) in [6.07, 6.45) is 0.913. The van der Waals surface area contributed by atoms with Crippen LogP contribution in [0.2, 0.25) is 0 Å². The Hall–Kier alpha value is -2.27. The molecule has 0 aromatic heterocycles. The fourth-order valence-electron chi connectivity index (χ4n) is 2.54. The number of rotatable bonds is 7. The quantitative estimate of drug-likeness (QED) is 0.628. The van der Waals surface area contributed by atoms with Crippen molar-refractivity contribution < 1.29 is 14.3 Å². The molecule has 23 heavy (non-hydrogen) atoms. The Morgan fingerprint density at radius 1 is 1.17 bits per heavy atom. The smallest absolute Gasteiger partial charge is 0.215 e. The van der Waals surface area contributed by atoms with Gasteiger partial charge in [0.1, 0.15) is 18.5 Å². The van der Waals surface area contributed by atoms with Crippen LogP contribution in [-0.4, -0.2) is 32.4 Å². The average Bonchev–Trinajstić information content (AvgIpc) is 3.39. The molecule has 1 aliphatic heterocycles. The van der Waals surface area contributed by atoms with Gasteiger partial charge in [0, 0.05) is 0 Å². The minimum Gasteiger partial charge on any atom is -0.489 e. The van der Waals surface area contributed by atoms with Crippen LogP contribution in [0.3, 0.4) is 0 Å². The number of carbonyl (C=O) groups excluding carboxylic acids is 1. The summed E-state index contributed by atoms with van der Waals surface area (Å²) in [6, 6.07) is 18.2. The highest BCUT2D eigenvalue weighted by Crippen LogP contribution is 2.20. The number of carbonyl (C=O) groups is 1. The number of ether oxygens (including phenoxy) is 2. The van der Waals surface area contributed by atoms with Crippen LogP contribution in [0, 0.1) is 0 Å². The Morgan fingerprint density at radius 2 is 1.87 bits per heavy atom. The number of benzene rings is 2. The van der Waals surface area contributed by atoms with Gasteiger partial charge >= 0.3 is 0 Å². The first kappa shape index (κ1) is 15.6. The lowest BCUT2D eigenvalue weighted by Crippen LogP contribution is -2.39. The second-order valence-corrected chi connectivity index (χ2v) is 5.80. The van der Waals surface area contributed by atoms with E-state index in [4.69, 9.17) is 9.47 Å². The van der Waals surface area contributed by atoms with E-state index in [1.165, 1.54) is 7.85 Å². The van der Waals surface area contributed by atoms with Gasteiger partial charge in [-0.3, -0.25) is 4.79 Å². The zero-order valence-electron chi connectivity index (χ0n) is 13.2. The number of amides is 1. The molecule has 1 amide bonds. The van der Waals surface area contributed by atoms with Crippen LogP contribution in [0.4, 0.5) is 4.79 Å². The maximum atomic E-state index is 11.3. The van der Waals surface area contributed by atoms with E-state index in [1.54, 1.807) is 0 Å². The zero-order chi connectivity index (χ0) is 16.1. The lowest BCUT2D eigenvalue weighted by molar-refractivity contribution is 0.251. The van der Waals surface area contributed by atoms with Gasteiger partial charge in [-0.1, -0.05) is 42.5 Å². The summed E-state index contributed by atoms with van der Waals surface area (Å²) in [7, 11) is 1.54. The summed E-state index contributed by atoms with van der Waals surface area (Å²) >= 11 is 0. The van der Waals surface area contributed by atoms with Crippen molar-refractivity contribution in [3.63, 3.8) is 0 Å². The Labute approximate surface area is 137 Å². The molecule has 2 atom stereocenters. The van der Waals surface area contributed by atoms with Crippen molar-refractivity contribution in [3.8, 4) is 5.75 Å². The van der Waals surface area contributed by atoms with Crippen molar-refractivity contribution in [1.82, 2.24) is 5.32 Å². The van der Waals surface area contributed by atoms with Crippen molar-refractivity contribution in [2.75, 3.05) is 6.61 Å². The summed E-state index contributed by atoms with van der Waals surface area (Å²) in [6.45, 7) is 1.29. The molecule has 1 saturated heterocycles. The van der Waals surface area contributed by atoms with E-state index in [0.29, 0.717) is 6.61 Å². The monoisotopic (exact) mass is 309 g/mol. The van der Waals surface area contributed by atoms with Crippen LogP contribution >= 0.6 is 0 Å². The molecule has 3 rings (SSSR count). The fraction of sp³-hybridized carbons (Fsp3) is 0.278. The average molecular weight is 309 g/mol. The number of epoxide rings is 1. The molecule has 2 aromatic carbocycles. The Morgan fingerprint density at radius 3 is 2.48 bits per heavy atom. The summed E-state index contributed by atoms with van der Waals surface area (Å²) in [5.74, 6) is 0.824. The zero-order valence-corrected chi connectivity index (χ0v) is 13.2. The molecule has 5 heteroatoms. The Balaban J connectivity index is 1.55. The minimum absolute atomic E-state index is 0.0201. The minimum atomic E-state index is -0.0201. The first-order valence-corrected chi connectivity index (χ1v) is 7.85. The van der Waals surface area contributed by atoms with Crippen LogP contribution in [-0.2, 0) is 17.8 Å². The summed E-state index contributed by atoms with van der Waals surface area (Å²) in [5.41, 5.74) is 2.31. The molecule has 0 aliphatic carbocycles. The topological polar surface area (TPSA) is 50.9 Å². The van der Waals surface area contributed by atoms with Crippen molar-refractivity contribution >= 4 is 13.7 Å². The Kier molecular flexibility index (Phi) is 4.98. The maximum absolute atomic E-state index is 11.3. The molecule has 1 aliphatic rings. The molecule has 4 nitrogen and oxygen atoms in total. The molecular formula is C18H20BNO3. The molecule has 0 spiro atoms. The van der Waals surface area contributed by atoms with Crippen LogP contribution in [0.15, 0.2) is 54.6 Å². The third-order valence-corrected chi connectivity index (χ3v) is 3.82. The van der Waals surface area contributed by atoms with Gasteiger partial charge < -0.3 is 14.8 Å². The van der Waals surface area contributed by atoms with Crippen molar-refractivity contribution in [2.45, 2.75) is 25.2 Å². The molecular weight excluding hydrogens is 289 g/mol. The summed E-state index contributed by atoms with van der Waals surface area (Å²) in [5, 5.41) is 2.96. The van der Waals surface area contributed by atoms with E-state index in [9.17, 15) is 4.79 Å². The van der Waals surface area contributed by atoms with E-state index in [-0.39, 0.29) is 18.0 Å². The summed E-state index contributed by atoms with van der Waals surface area (Å²) < 4.78 is 11.1. The predicted octanol–water partition coefficient (Wildman–Crippen LogP) is 1.92. The van der Waals surface area contributed by atoms with Crippen LogP contribution in [0.5, 0.6) is 5.75 Å². The number of hydrogen-bond acceptors (Lipinski definition) is 3. The molecule has 0 unspecified atom stereocenters. The highest BCUT2D eigenvalue weighted by molar-refractivity contribution is 6.57. The number of nitrogens with one attached hydrogen (secondary N) is 1. The number of hydrogen-bond donors (Lipinski definition) is 1.